The molecular weight excluding hydrogens is 640 g/mol. The molecule has 0 unspecified atom stereocenters. The first-order valence-corrected chi connectivity index (χ1v) is 15.6. The van der Waals surface area contributed by atoms with Crippen molar-refractivity contribution in [3.8, 4) is 0 Å². The van der Waals surface area contributed by atoms with Crippen molar-refractivity contribution in [1.82, 2.24) is 30.4 Å². The normalized spacial score (nSPS) is 17.4. The highest BCUT2D eigenvalue weighted by molar-refractivity contribution is 6.63. The average Bonchev–Trinajstić information content (AvgIpc) is 3.72. The molecule has 0 aromatic carbocycles. The predicted molar refractivity (Wildman–Crippen MR) is 174 cm³/mol. The van der Waals surface area contributed by atoms with Crippen LogP contribution in [-0.4, -0.2) is 77.2 Å². The van der Waals surface area contributed by atoms with E-state index in [1.54, 1.807) is 39.8 Å². The van der Waals surface area contributed by atoms with Crippen LogP contribution in [0.1, 0.15) is 72.0 Å². The highest BCUT2D eigenvalue weighted by atomic mass is 16.8. The number of carbonyl (C=O) groups excluding carboxylic acids is 4. The minimum atomic E-state index is -1.29. The molecule has 0 radical (unpaired) electrons. The van der Waals surface area contributed by atoms with Crippen molar-refractivity contribution in [1.29, 1.82) is 0 Å². The number of aromatic amines is 2. The average molecular weight is 679 g/mol. The molecule has 0 amide bonds. The van der Waals surface area contributed by atoms with Gasteiger partial charge in [0.25, 0.3) is 34.9 Å². The second-order valence-electron chi connectivity index (χ2n) is 10.8. The molecular formula is C31H38N10O8. The van der Waals surface area contributed by atoms with Gasteiger partial charge in [0.1, 0.15) is 11.6 Å². The van der Waals surface area contributed by atoms with E-state index < -0.39 is 46.9 Å². The largest absolute Gasteiger partial charge is 0.418 e. The van der Waals surface area contributed by atoms with Gasteiger partial charge in [0, 0.05) is 38.5 Å². The number of nitrogens with zero attached hydrogens (tertiary/aromatic N) is 6. The van der Waals surface area contributed by atoms with Crippen LogP contribution >= 0.6 is 0 Å². The summed E-state index contributed by atoms with van der Waals surface area (Å²) in [4.78, 5) is 57.9. The molecule has 18 heteroatoms. The summed E-state index contributed by atoms with van der Waals surface area (Å²) < 4.78 is 21.1. The van der Waals surface area contributed by atoms with Crippen LogP contribution in [0.5, 0.6) is 0 Å². The Bertz CT molecular complexity index is 1700. The van der Waals surface area contributed by atoms with Crippen molar-refractivity contribution in [2.24, 2.45) is 10.2 Å². The van der Waals surface area contributed by atoms with Crippen LogP contribution in [0.3, 0.4) is 0 Å². The molecule has 4 rings (SSSR count). The van der Waals surface area contributed by atoms with E-state index in [0.717, 1.165) is 5.57 Å². The Labute approximate surface area is 281 Å². The number of H-pyrrole nitrogens is 2. The number of cyclic esters (lactones) is 4. The molecule has 2 aliphatic heterocycles. The van der Waals surface area contributed by atoms with Gasteiger partial charge in [-0.25, -0.2) is 30.0 Å². The number of aromatic nitrogens is 6. The zero-order valence-corrected chi connectivity index (χ0v) is 27.8. The van der Waals surface area contributed by atoms with Crippen LogP contribution in [0.4, 0.5) is 11.9 Å². The number of hydrogen-bond acceptors (Lipinski definition) is 16. The Kier molecular flexibility index (Phi) is 11.6. The second-order valence-corrected chi connectivity index (χ2v) is 10.8. The number of hydrogen-bond donors (Lipinski definition) is 4. The maximum atomic E-state index is 12.4. The summed E-state index contributed by atoms with van der Waals surface area (Å²) >= 11 is 0. The molecule has 0 atom stereocenters. The van der Waals surface area contributed by atoms with Crippen molar-refractivity contribution < 1.29 is 38.1 Å². The molecule has 2 saturated heterocycles. The summed E-state index contributed by atoms with van der Waals surface area (Å²) in [6.07, 6.45) is 11.2. The van der Waals surface area contributed by atoms with Crippen LogP contribution in [0.2, 0.25) is 0 Å². The topological polar surface area (TPSA) is 237 Å². The molecule has 18 nitrogen and oxygen atoms in total. The van der Waals surface area contributed by atoms with Crippen molar-refractivity contribution >= 4 is 47.2 Å². The highest BCUT2D eigenvalue weighted by Crippen LogP contribution is 2.28. The molecule has 0 aliphatic carbocycles. The lowest BCUT2D eigenvalue weighted by Gasteiger charge is -2.34. The molecule has 2 fully saturated rings. The third-order valence-corrected chi connectivity index (χ3v) is 7.43. The minimum Gasteiger partial charge on any atom is -0.418 e. The molecule has 0 saturated carbocycles. The van der Waals surface area contributed by atoms with Gasteiger partial charge in [0.05, 0.1) is 0 Å². The Morgan fingerprint density at radius 1 is 0.735 bits per heavy atom. The fourth-order valence-electron chi connectivity index (χ4n) is 4.56. The van der Waals surface area contributed by atoms with E-state index in [4.69, 9.17) is 18.9 Å². The quantitative estimate of drug-likeness (QED) is 0.120. The zero-order valence-electron chi connectivity index (χ0n) is 27.8. The third kappa shape index (κ3) is 8.91. The third-order valence-electron chi connectivity index (χ3n) is 7.43. The second kappa shape index (κ2) is 15.8. The smallest absolute Gasteiger partial charge is 0.369 e. The lowest BCUT2D eigenvalue weighted by Crippen LogP contribution is -2.50. The number of ether oxygens (including phenoxy) is 4. The number of carbonyl (C=O) groups is 4. The summed E-state index contributed by atoms with van der Waals surface area (Å²) in [5, 5.41) is 21.1. The van der Waals surface area contributed by atoms with Gasteiger partial charge in [0.15, 0.2) is 0 Å². The number of nitrogens with one attached hydrogen (secondary N) is 4. The van der Waals surface area contributed by atoms with Gasteiger partial charge in [-0.3, -0.25) is 10.2 Å². The van der Waals surface area contributed by atoms with E-state index in [9.17, 15) is 19.2 Å². The molecule has 2 aromatic rings. The van der Waals surface area contributed by atoms with E-state index in [2.05, 4.69) is 58.0 Å². The Morgan fingerprint density at radius 3 is 1.57 bits per heavy atom. The lowest BCUT2D eigenvalue weighted by molar-refractivity contribution is -0.231. The van der Waals surface area contributed by atoms with E-state index >= 15 is 0 Å². The molecule has 4 N–H and O–H groups in total. The molecule has 4 heterocycles. The van der Waals surface area contributed by atoms with E-state index in [1.807, 2.05) is 25.2 Å². The SMILES string of the molecule is C=C(\C=C/C=C(\C=C\C)Cc1nc(NN=C2C(=O)OC(CC)(CC)OC2=O)n[nH]1)Cc1nc(NN=C2C(=O)OC(CC)(CC)OC2=O)n[nH]1. The van der Waals surface area contributed by atoms with Crippen LogP contribution in [0.15, 0.2) is 58.3 Å². The molecule has 0 spiro atoms. The Hall–Kier alpha value is -5.94. The Balaban J connectivity index is 1.30. The van der Waals surface area contributed by atoms with Crippen LogP contribution in [0.25, 0.3) is 0 Å². The maximum Gasteiger partial charge on any atom is 0.369 e. The van der Waals surface area contributed by atoms with Gasteiger partial charge in [0.2, 0.25) is 0 Å². The van der Waals surface area contributed by atoms with Gasteiger partial charge in [-0.05, 0) is 18.1 Å². The minimum absolute atomic E-state index is 0.0268. The molecule has 0 bridgehead atoms. The fraction of sp³-hybridized carbons (Fsp3) is 0.419. The lowest BCUT2D eigenvalue weighted by atomic mass is 10.1. The molecule has 49 heavy (non-hydrogen) atoms. The number of rotatable bonds is 15. The monoisotopic (exact) mass is 678 g/mol. The van der Waals surface area contributed by atoms with Gasteiger partial charge in [-0.15, -0.1) is 10.2 Å². The van der Waals surface area contributed by atoms with Crippen LogP contribution in [0, 0.1) is 0 Å². The first kappa shape index (κ1) is 35.9. The summed E-state index contributed by atoms with van der Waals surface area (Å²) in [6, 6.07) is 0. The number of allylic oxidation sites excluding steroid dienone is 7. The molecule has 2 aromatic heterocycles. The van der Waals surface area contributed by atoms with E-state index in [0.29, 0.717) is 55.7 Å². The summed E-state index contributed by atoms with van der Waals surface area (Å²) in [5.74, 6) is -5.16. The fourth-order valence-corrected chi connectivity index (χ4v) is 4.56. The Morgan fingerprint density at radius 2 is 1.16 bits per heavy atom. The van der Waals surface area contributed by atoms with Gasteiger partial charge in [-0.1, -0.05) is 64.7 Å². The van der Waals surface area contributed by atoms with Crippen LogP contribution < -0.4 is 10.9 Å². The van der Waals surface area contributed by atoms with E-state index in [-0.39, 0.29) is 11.9 Å². The van der Waals surface area contributed by atoms with Crippen molar-refractivity contribution in [2.45, 2.75) is 84.7 Å². The van der Waals surface area contributed by atoms with Gasteiger partial charge >= 0.3 is 23.9 Å². The highest BCUT2D eigenvalue weighted by Gasteiger charge is 2.46. The molecule has 260 valence electrons. The first-order valence-electron chi connectivity index (χ1n) is 15.6. The van der Waals surface area contributed by atoms with Crippen molar-refractivity contribution in [2.75, 3.05) is 10.9 Å². The summed E-state index contributed by atoms with van der Waals surface area (Å²) in [5.41, 5.74) is 5.44. The van der Waals surface area contributed by atoms with E-state index in [1.165, 1.54) is 0 Å². The summed E-state index contributed by atoms with van der Waals surface area (Å²) in [6.45, 7) is 12.9. The first-order chi connectivity index (χ1) is 23.5. The van der Waals surface area contributed by atoms with Gasteiger partial charge < -0.3 is 18.9 Å². The molecule has 2 aliphatic rings. The number of anilines is 2. The standard InChI is InChI=1S/C31H38N10O8/c1-7-13-19(17-21-33-29(39-35-21)41-37-23-26(44)48-31(10-4,11-5)49-27(23)45)15-12-14-18(6)16-20-32-28(38-34-20)40-36-22-24(42)46-30(8-2,9-3)47-25(22)43/h7,12-15H,6,8-11,16-17H2,1-5H3,(H2,32,34,38,40)(H2,33,35,39,41)/b13-7+,14-12-,19-15+. The number of hydrazone groups is 2. The maximum absolute atomic E-state index is 12.4. The van der Waals surface area contributed by atoms with Crippen molar-refractivity contribution in [3.05, 3.63) is 59.8 Å². The summed E-state index contributed by atoms with van der Waals surface area (Å²) in [7, 11) is 0. The zero-order chi connectivity index (χ0) is 35.6. The van der Waals surface area contributed by atoms with Gasteiger partial charge in [-0.2, -0.15) is 20.2 Å². The number of esters is 4. The van der Waals surface area contributed by atoms with Crippen LogP contribution in [-0.2, 0) is 51.0 Å². The van der Waals surface area contributed by atoms with Crippen molar-refractivity contribution in [3.63, 3.8) is 0 Å². The predicted octanol–water partition coefficient (Wildman–Crippen LogP) is 3.09.